The van der Waals surface area contributed by atoms with E-state index < -0.39 is 0 Å². The van der Waals surface area contributed by atoms with Gasteiger partial charge in [0.25, 0.3) is 0 Å². The van der Waals surface area contributed by atoms with Crippen LogP contribution in [-0.4, -0.2) is 31.1 Å². The van der Waals surface area contributed by atoms with Crippen LogP contribution in [-0.2, 0) is 0 Å². The molecule has 1 aromatic rings. The van der Waals surface area contributed by atoms with E-state index in [1.807, 2.05) is 12.1 Å². The van der Waals surface area contributed by atoms with Gasteiger partial charge in [0, 0.05) is 17.1 Å². The zero-order valence-corrected chi connectivity index (χ0v) is 15.2. The minimum absolute atomic E-state index is 0.304. The molecule has 2 unspecified atom stereocenters. The second kappa shape index (κ2) is 8.17. The van der Waals surface area contributed by atoms with Gasteiger partial charge in [-0.1, -0.05) is 51.4 Å². The maximum absolute atomic E-state index is 6.12. The maximum atomic E-state index is 6.12. The summed E-state index contributed by atoms with van der Waals surface area (Å²) in [5, 5.41) is 4.39. The molecule has 0 aliphatic carbocycles. The SMILES string of the molecule is CCNC(CCN(C)C(C)C(C)(C)C)c1cccc(Cl)c1. The van der Waals surface area contributed by atoms with E-state index >= 15 is 0 Å². The average molecular weight is 311 g/mol. The predicted molar refractivity (Wildman–Crippen MR) is 94.0 cm³/mol. The molecule has 0 fully saturated rings. The number of nitrogens with one attached hydrogen (secondary N) is 1. The lowest BCUT2D eigenvalue weighted by molar-refractivity contribution is 0.136. The van der Waals surface area contributed by atoms with Crippen molar-refractivity contribution >= 4 is 11.6 Å². The third kappa shape index (κ3) is 5.98. The van der Waals surface area contributed by atoms with Gasteiger partial charge in [-0.25, -0.2) is 0 Å². The average Bonchev–Trinajstić information content (AvgIpc) is 2.41. The third-order valence-electron chi connectivity index (χ3n) is 4.39. The normalized spacial score (nSPS) is 15.2. The summed E-state index contributed by atoms with van der Waals surface area (Å²) in [6.07, 6.45) is 1.09. The van der Waals surface area contributed by atoms with Gasteiger partial charge in [-0.05, 0) is 56.6 Å². The Morgan fingerprint density at radius 2 is 1.95 bits per heavy atom. The molecule has 1 aromatic carbocycles. The van der Waals surface area contributed by atoms with Crippen molar-refractivity contribution in [3.8, 4) is 0 Å². The topological polar surface area (TPSA) is 15.3 Å². The first-order valence-corrected chi connectivity index (χ1v) is 8.32. The Labute approximate surface area is 135 Å². The summed E-state index contributed by atoms with van der Waals surface area (Å²) >= 11 is 6.12. The van der Waals surface area contributed by atoms with Gasteiger partial charge in [0.15, 0.2) is 0 Å². The van der Waals surface area contributed by atoms with E-state index in [-0.39, 0.29) is 0 Å². The highest BCUT2D eigenvalue weighted by Crippen LogP contribution is 2.25. The summed E-state index contributed by atoms with van der Waals surface area (Å²) in [5.74, 6) is 0. The van der Waals surface area contributed by atoms with Crippen molar-refractivity contribution in [2.24, 2.45) is 5.41 Å². The quantitative estimate of drug-likeness (QED) is 0.782. The number of halogens is 1. The van der Waals surface area contributed by atoms with Crippen LogP contribution in [0.25, 0.3) is 0 Å². The Morgan fingerprint density at radius 3 is 2.48 bits per heavy atom. The molecule has 120 valence electrons. The fraction of sp³-hybridized carbons (Fsp3) is 0.667. The Hall–Kier alpha value is -0.570. The van der Waals surface area contributed by atoms with Crippen molar-refractivity contribution in [1.29, 1.82) is 0 Å². The molecular formula is C18H31ClN2. The number of hydrogen-bond acceptors (Lipinski definition) is 2. The summed E-state index contributed by atoms with van der Waals surface area (Å²) < 4.78 is 0. The summed E-state index contributed by atoms with van der Waals surface area (Å²) in [6, 6.07) is 9.11. The Kier molecular flexibility index (Phi) is 7.19. The van der Waals surface area contributed by atoms with Crippen LogP contribution in [0, 0.1) is 5.41 Å². The number of hydrogen-bond donors (Lipinski definition) is 1. The van der Waals surface area contributed by atoms with Crippen molar-refractivity contribution in [2.45, 2.75) is 53.1 Å². The molecule has 1 N–H and O–H groups in total. The lowest BCUT2D eigenvalue weighted by Crippen LogP contribution is -2.40. The highest BCUT2D eigenvalue weighted by atomic mass is 35.5. The van der Waals surface area contributed by atoms with E-state index in [2.05, 4.69) is 64.0 Å². The van der Waals surface area contributed by atoms with Gasteiger partial charge in [-0.2, -0.15) is 0 Å². The molecule has 0 bridgehead atoms. The summed E-state index contributed by atoms with van der Waals surface area (Å²) in [4.78, 5) is 2.45. The molecule has 2 atom stereocenters. The second-order valence-corrected chi connectivity index (χ2v) is 7.41. The zero-order chi connectivity index (χ0) is 16.0. The lowest BCUT2D eigenvalue weighted by Gasteiger charge is -2.36. The van der Waals surface area contributed by atoms with E-state index in [1.165, 1.54) is 5.56 Å². The van der Waals surface area contributed by atoms with Gasteiger partial charge in [-0.3, -0.25) is 0 Å². The molecule has 0 radical (unpaired) electrons. The van der Waals surface area contributed by atoms with Gasteiger partial charge in [0.2, 0.25) is 0 Å². The minimum atomic E-state index is 0.304. The van der Waals surface area contributed by atoms with E-state index in [1.54, 1.807) is 0 Å². The standard InChI is InChI=1S/C18H31ClN2/c1-7-20-17(15-9-8-10-16(19)13-15)11-12-21(6)14(2)18(3,4)5/h8-10,13-14,17,20H,7,11-12H2,1-6H3. The first kappa shape index (κ1) is 18.5. The Balaban J connectivity index is 2.68. The van der Waals surface area contributed by atoms with Crippen molar-refractivity contribution in [1.82, 2.24) is 10.2 Å². The van der Waals surface area contributed by atoms with Gasteiger partial charge in [0.05, 0.1) is 0 Å². The molecule has 0 amide bonds. The summed E-state index contributed by atoms with van der Waals surface area (Å²) in [5.41, 5.74) is 1.58. The zero-order valence-electron chi connectivity index (χ0n) is 14.4. The van der Waals surface area contributed by atoms with Crippen LogP contribution in [0.3, 0.4) is 0 Å². The fourth-order valence-electron chi connectivity index (χ4n) is 2.54. The molecule has 0 spiro atoms. The van der Waals surface area contributed by atoms with Crippen LogP contribution in [0.4, 0.5) is 0 Å². The van der Waals surface area contributed by atoms with Crippen LogP contribution < -0.4 is 5.32 Å². The highest BCUT2D eigenvalue weighted by Gasteiger charge is 2.24. The van der Waals surface area contributed by atoms with Gasteiger partial charge >= 0.3 is 0 Å². The molecule has 0 heterocycles. The maximum Gasteiger partial charge on any atom is 0.0409 e. The highest BCUT2D eigenvalue weighted by molar-refractivity contribution is 6.30. The third-order valence-corrected chi connectivity index (χ3v) is 4.62. The van der Waals surface area contributed by atoms with Crippen LogP contribution in [0.1, 0.15) is 52.6 Å². The number of rotatable bonds is 7. The van der Waals surface area contributed by atoms with E-state index in [0.717, 1.165) is 24.5 Å². The Morgan fingerprint density at radius 1 is 1.29 bits per heavy atom. The van der Waals surface area contributed by atoms with Crippen LogP contribution in [0.15, 0.2) is 24.3 Å². The van der Waals surface area contributed by atoms with Crippen molar-refractivity contribution < 1.29 is 0 Å². The van der Waals surface area contributed by atoms with Gasteiger partial charge in [0.1, 0.15) is 0 Å². The first-order chi connectivity index (χ1) is 9.75. The monoisotopic (exact) mass is 310 g/mol. The van der Waals surface area contributed by atoms with Crippen molar-refractivity contribution in [2.75, 3.05) is 20.1 Å². The van der Waals surface area contributed by atoms with E-state index in [4.69, 9.17) is 11.6 Å². The lowest BCUT2D eigenvalue weighted by atomic mass is 9.87. The minimum Gasteiger partial charge on any atom is -0.310 e. The van der Waals surface area contributed by atoms with E-state index in [0.29, 0.717) is 17.5 Å². The van der Waals surface area contributed by atoms with Gasteiger partial charge < -0.3 is 10.2 Å². The summed E-state index contributed by atoms with van der Waals surface area (Å²) in [6.45, 7) is 13.4. The predicted octanol–water partition coefficient (Wildman–Crippen LogP) is 4.75. The Bertz CT molecular complexity index is 425. The molecule has 0 aromatic heterocycles. The molecule has 0 aliphatic rings. The molecule has 0 saturated heterocycles. The molecule has 21 heavy (non-hydrogen) atoms. The number of nitrogens with zero attached hydrogens (tertiary/aromatic N) is 1. The first-order valence-electron chi connectivity index (χ1n) is 7.94. The van der Waals surface area contributed by atoms with Crippen LogP contribution in [0.2, 0.25) is 5.02 Å². The molecule has 0 aliphatic heterocycles. The van der Waals surface area contributed by atoms with E-state index in [9.17, 15) is 0 Å². The van der Waals surface area contributed by atoms with Crippen LogP contribution >= 0.6 is 11.6 Å². The van der Waals surface area contributed by atoms with Crippen molar-refractivity contribution in [3.63, 3.8) is 0 Å². The van der Waals surface area contributed by atoms with Gasteiger partial charge in [-0.15, -0.1) is 0 Å². The van der Waals surface area contributed by atoms with Crippen molar-refractivity contribution in [3.05, 3.63) is 34.9 Å². The molecular weight excluding hydrogens is 280 g/mol. The fourth-order valence-corrected chi connectivity index (χ4v) is 2.74. The molecule has 3 heteroatoms. The number of benzene rings is 1. The molecule has 1 rings (SSSR count). The molecule has 2 nitrogen and oxygen atoms in total. The summed E-state index contributed by atoms with van der Waals surface area (Å²) in [7, 11) is 2.22. The van der Waals surface area contributed by atoms with Crippen LogP contribution in [0.5, 0.6) is 0 Å². The molecule has 0 saturated carbocycles. The smallest absolute Gasteiger partial charge is 0.0409 e. The second-order valence-electron chi connectivity index (χ2n) is 6.98. The largest absolute Gasteiger partial charge is 0.310 e.